The van der Waals surface area contributed by atoms with Gasteiger partial charge in [-0.2, -0.15) is 5.26 Å². The van der Waals surface area contributed by atoms with Gasteiger partial charge in [0.25, 0.3) is 0 Å². The van der Waals surface area contributed by atoms with Crippen molar-refractivity contribution in [3.8, 4) is 34.4 Å². The molecule has 0 aliphatic heterocycles. The molecule has 1 saturated carbocycles. The highest BCUT2D eigenvalue weighted by atomic mass is 16.5. The van der Waals surface area contributed by atoms with Crippen LogP contribution in [0, 0.1) is 17.2 Å². The molecule has 7 nitrogen and oxygen atoms in total. The molecule has 1 fully saturated rings. The molecule has 0 radical (unpaired) electrons. The fourth-order valence-corrected chi connectivity index (χ4v) is 3.52. The second-order valence-electron chi connectivity index (χ2n) is 6.57. The van der Waals surface area contributed by atoms with Gasteiger partial charge in [0.15, 0.2) is 11.5 Å². The summed E-state index contributed by atoms with van der Waals surface area (Å²) in [5.74, 6) is 1.70. The molecule has 3 rings (SSSR count). The van der Waals surface area contributed by atoms with Gasteiger partial charge >= 0.3 is 0 Å². The maximum atomic E-state index is 10.9. The summed E-state index contributed by atoms with van der Waals surface area (Å²) < 4.78 is 16.5. The number of aromatic nitrogens is 1. The first-order valence-electron chi connectivity index (χ1n) is 8.88. The molecule has 1 unspecified atom stereocenters. The standard InChI is InChI=1S/C20H25N3O4/c1-22-10-14-16(17(13(9-21)23-14)18(24)11-5-6-11)12-7-8-15(25-2)20(27-4)19(12)26-3/h7-8,11,18,22-24H,5-6,10H2,1-4H3. The highest BCUT2D eigenvalue weighted by Gasteiger charge is 2.36. The van der Waals surface area contributed by atoms with Crippen molar-refractivity contribution in [2.24, 2.45) is 5.92 Å². The average molecular weight is 371 g/mol. The number of nitrogens with one attached hydrogen (secondary N) is 2. The fourth-order valence-electron chi connectivity index (χ4n) is 3.52. The number of aliphatic hydroxyl groups is 1. The van der Waals surface area contributed by atoms with E-state index in [0.29, 0.717) is 35.1 Å². The number of aromatic amines is 1. The second-order valence-corrected chi connectivity index (χ2v) is 6.57. The molecular weight excluding hydrogens is 346 g/mol. The SMILES string of the molecule is CNCc1[nH]c(C#N)c(C(O)C2CC2)c1-c1ccc(OC)c(OC)c1OC. The van der Waals surface area contributed by atoms with Crippen LogP contribution < -0.4 is 19.5 Å². The Hall–Kier alpha value is -2.69. The number of hydrogen-bond acceptors (Lipinski definition) is 6. The van der Waals surface area contributed by atoms with Gasteiger partial charge in [-0.05, 0) is 37.9 Å². The molecule has 1 aromatic heterocycles. The molecule has 3 N–H and O–H groups in total. The third-order valence-electron chi connectivity index (χ3n) is 4.92. The highest BCUT2D eigenvalue weighted by molar-refractivity contribution is 5.82. The average Bonchev–Trinajstić information content (AvgIpc) is 3.48. The predicted molar refractivity (Wildman–Crippen MR) is 101 cm³/mol. The van der Waals surface area contributed by atoms with Crippen LogP contribution in [0.1, 0.15) is 35.9 Å². The van der Waals surface area contributed by atoms with E-state index >= 15 is 0 Å². The first-order chi connectivity index (χ1) is 13.1. The second kappa shape index (κ2) is 7.91. The third kappa shape index (κ3) is 3.34. The Labute approximate surface area is 158 Å². The van der Waals surface area contributed by atoms with Gasteiger partial charge in [0.1, 0.15) is 11.8 Å². The molecule has 0 amide bonds. The van der Waals surface area contributed by atoms with Gasteiger partial charge < -0.3 is 29.6 Å². The van der Waals surface area contributed by atoms with Crippen molar-refractivity contribution in [1.29, 1.82) is 5.26 Å². The van der Waals surface area contributed by atoms with Crippen molar-refractivity contribution >= 4 is 0 Å². The van der Waals surface area contributed by atoms with Crippen LogP contribution in [0.4, 0.5) is 0 Å². The molecule has 1 heterocycles. The number of H-pyrrole nitrogens is 1. The normalized spacial score (nSPS) is 14.5. The van der Waals surface area contributed by atoms with E-state index in [0.717, 1.165) is 29.7 Å². The van der Waals surface area contributed by atoms with Crippen LogP contribution in [0.3, 0.4) is 0 Å². The lowest BCUT2D eigenvalue weighted by molar-refractivity contribution is 0.154. The predicted octanol–water partition coefficient (Wildman–Crippen LogP) is 2.74. The molecule has 7 heteroatoms. The first-order valence-corrected chi connectivity index (χ1v) is 8.88. The zero-order chi connectivity index (χ0) is 19.6. The monoisotopic (exact) mass is 371 g/mol. The van der Waals surface area contributed by atoms with E-state index < -0.39 is 6.10 Å². The van der Waals surface area contributed by atoms with Gasteiger partial charge in [0.2, 0.25) is 5.75 Å². The van der Waals surface area contributed by atoms with E-state index in [-0.39, 0.29) is 5.92 Å². The van der Waals surface area contributed by atoms with Gasteiger partial charge in [0, 0.05) is 28.9 Å². The molecule has 1 aromatic carbocycles. The van der Waals surface area contributed by atoms with Crippen LogP contribution in [-0.2, 0) is 6.54 Å². The molecular formula is C20H25N3O4. The minimum absolute atomic E-state index is 0.181. The minimum Gasteiger partial charge on any atom is -0.493 e. The summed E-state index contributed by atoms with van der Waals surface area (Å²) in [6.45, 7) is 0.513. The summed E-state index contributed by atoms with van der Waals surface area (Å²) in [5.41, 5.74) is 3.34. The lowest BCUT2D eigenvalue weighted by Crippen LogP contribution is -2.08. The molecule has 144 valence electrons. The molecule has 1 aliphatic rings. The van der Waals surface area contributed by atoms with Crippen LogP contribution in [0.5, 0.6) is 17.2 Å². The van der Waals surface area contributed by atoms with Gasteiger partial charge in [-0.15, -0.1) is 0 Å². The Morgan fingerprint density at radius 3 is 2.44 bits per heavy atom. The minimum atomic E-state index is -0.700. The number of methoxy groups -OCH3 is 3. The van der Waals surface area contributed by atoms with Crippen molar-refractivity contribution in [1.82, 2.24) is 10.3 Å². The Morgan fingerprint density at radius 1 is 1.22 bits per heavy atom. The molecule has 1 aliphatic carbocycles. The molecule has 0 spiro atoms. The maximum Gasteiger partial charge on any atom is 0.203 e. The Balaban J connectivity index is 2.30. The van der Waals surface area contributed by atoms with Crippen LogP contribution in [0.15, 0.2) is 12.1 Å². The van der Waals surface area contributed by atoms with Crippen molar-refractivity contribution < 1.29 is 19.3 Å². The summed E-state index contributed by atoms with van der Waals surface area (Å²) in [6.07, 6.45) is 1.22. The Bertz CT molecular complexity index is 865. The topological polar surface area (TPSA) is 99.5 Å². The van der Waals surface area contributed by atoms with Crippen molar-refractivity contribution in [3.63, 3.8) is 0 Å². The quantitative estimate of drug-likeness (QED) is 0.660. The van der Waals surface area contributed by atoms with E-state index in [4.69, 9.17) is 14.2 Å². The molecule has 2 aromatic rings. The summed E-state index contributed by atoms with van der Waals surface area (Å²) in [7, 11) is 6.51. The van der Waals surface area contributed by atoms with E-state index in [2.05, 4.69) is 16.4 Å². The summed E-state index contributed by atoms with van der Waals surface area (Å²) >= 11 is 0. The Kier molecular flexibility index (Phi) is 5.59. The van der Waals surface area contributed by atoms with E-state index in [9.17, 15) is 10.4 Å². The van der Waals surface area contributed by atoms with Crippen molar-refractivity contribution in [3.05, 3.63) is 29.1 Å². The number of nitrogens with zero attached hydrogens (tertiary/aromatic N) is 1. The molecule has 0 saturated heterocycles. The molecule has 0 bridgehead atoms. The van der Waals surface area contributed by atoms with E-state index in [1.165, 1.54) is 0 Å². The van der Waals surface area contributed by atoms with Gasteiger partial charge in [-0.25, -0.2) is 0 Å². The molecule has 27 heavy (non-hydrogen) atoms. The smallest absolute Gasteiger partial charge is 0.203 e. The number of nitriles is 1. The van der Waals surface area contributed by atoms with Crippen LogP contribution in [0.25, 0.3) is 11.1 Å². The lowest BCUT2D eigenvalue weighted by Gasteiger charge is -2.19. The van der Waals surface area contributed by atoms with Crippen molar-refractivity contribution in [2.45, 2.75) is 25.5 Å². The van der Waals surface area contributed by atoms with Crippen LogP contribution in [-0.4, -0.2) is 38.5 Å². The van der Waals surface area contributed by atoms with Gasteiger partial charge in [-0.1, -0.05) is 0 Å². The number of rotatable bonds is 8. The van der Waals surface area contributed by atoms with Crippen molar-refractivity contribution in [2.75, 3.05) is 28.4 Å². The number of benzene rings is 1. The van der Waals surface area contributed by atoms with E-state index in [1.807, 2.05) is 13.1 Å². The van der Waals surface area contributed by atoms with Crippen LogP contribution >= 0.6 is 0 Å². The third-order valence-corrected chi connectivity index (χ3v) is 4.92. The van der Waals surface area contributed by atoms with Gasteiger partial charge in [-0.3, -0.25) is 0 Å². The van der Waals surface area contributed by atoms with Crippen LogP contribution in [0.2, 0.25) is 0 Å². The lowest BCUT2D eigenvalue weighted by atomic mass is 9.93. The number of ether oxygens (including phenoxy) is 3. The Morgan fingerprint density at radius 2 is 1.93 bits per heavy atom. The fraction of sp³-hybridized carbons (Fsp3) is 0.450. The maximum absolute atomic E-state index is 10.9. The largest absolute Gasteiger partial charge is 0.493 e. The zero-order valence-corrected chi connectivity index (χ0v) is 16.0. The number of aliphatic hydroxyl groups excluding tert-OH is 1. The summed E-state index contributed by atoms with van der Waals surface area (Å²) in [6, 6.07) is 5.86. The summed E-state index contributed by atoms with van der Waals surface area (Å²) in [4.78, 5) is 3.17. The van der Waals surface area contributed by atoms with E-state index in [1.54, 1.807) is 27.4 Å². The number of hydrogen-bond donors (Lipinski definition) is 3. The first kappa shape index (κ1) is 19.1. The summed E-state index contributed by atoms with van der Waals surface area (Å²) in [5, 5.41) is 23.7. The molecule has 1 atom stereocenters. The zero-order valence-electron chi connectivity index (χ0n) is 16.0. The van der Waals surface area contributed by atoms with Gasteiger partial charge in [0.05, 0.1) is 27.4 Å². The highest BCUT2D eigenvalue weighted by Crippen LogP contribution is 2.50.